The van der Waals surface area contributed by atoms with Crippen LogP contribution in [0, 0.1) is 17.1 Å². The van der Waals surface area contributed by atoms with Crippen LogP contribution in [0.3, 0.4) is 0 Å². The third-order valence-electron chi connectivity index (χ3n) is 5.47. The van der Waals surface area contributed by atoms with Gasteiger partial charge in [0.1, 0.15) is 23.7 Å². The highest BCUT2D eigenvalue weighted by molar-refractivity contribution is 5.80. The van der Waals surface area contributed by atoms with E-state index in [1.807, 2.05) is 6.07 Å². The summed E-state index contributed by atoms with van der Waals surface area (Å²) in [5.74, 6) is -0.712. The zero-order chi connectivity index (χ0) is 28.4. The van der Waals surface area contributed by atoms with Gasteiger partial charge in [0.15, 0.2) is 0 Å². The molecule has 1 heterocycles. The fourth-order valence-electron chi connectivity index (χ4n) is 3.70. The highest BCUT2D eigenvalue weighted by Gasteiger charge is 2.25. The number of amides is 1. The van der Waals surface area contributed by atoms with Crippen LogP contribution in [-0.4, -0.2) is 40.9 Å². The third-order valence-corrected chi connectivity index (χ3v) is 5.47. The Bertz CT molecular complexity index is 1250. The van der Waals surface area contributed by atoms with Crippen LogP contribution in [-0.2, 0) is 27.5 Å². The van der Waals surface area contributed by atoms with E-state index in [2.05, 4.69) is 10.8 Å². The number of hydrogen-bond donors (Lipinski definition) is 2. The predicted octanol–water partition coefficient (Wildman–Crippen LogP) is 2.34. The van der Waals surface area contributed by atoms with Gasteiger partial charge in [-0.2, -0.15) is 10.7 Å². The molecule has 0 aliphatic carbocycles. The molecule has 1 amide bonds. The summed E-state index contributed by atoms with van der Waals surface area (Å²) >= 11 is 0. The summed E-state index contributed by atoms with van der Waals surface area (Å²) in [5, 5.41) is 11.7. The second kappa shape index (κ2) is 14.4. The van der Waals surface area contributed by atoms with Crippen molar-refractivity contribution >= 4 is 5.91 Å². The van der Waals surface area contributed by atoms with Crippen LogP contribution >= 0.6 is 0 Å². The maximum Gasteiger partial charge on any atom is 0.331 e. The number of carbonyl (C=O) groups is 1. The number of nitriles is 1. The highest BCUT2D eigenvalue weighted by atomic mass is 19.1. The van der Waals surface area contributed by atoms with Gasteiger partial charge in [-0.25, -0.2) is 13.8 Å². The van der Waals surface area contributed by atoms with E-state index in [-0.39, 0.29) is 43.8 Å². The van der Waals surface area contributed by atoms with E-state index in [4.69, 9.17) is 19.6 Å². The van der Waals surface area contributed by atoms with Crippen LogP contribution in [0.4, 0.5) is 4.39 Å². The first-order valence-electron chi connectivity index (χ1n) is 12.4. The SMILES string of the molecule is COc1ccc(F)cc1C(Cn1cc(CNOC(C)C)c(=O)n(C(C)C(=O)NC(C)C)c1=O)OCCC#N. The van der Waals surface area contributed by atoms with Crippen molar-refractivity contribution in [2.24, 2.45) is 0 Å². The lowest BCUT2D eigenvalue weighted by molar-refractivity contribution is -0.124. The lowest BCUT2D eigenvalue weighted by atomic mass is 10.1. The van der Waals surface area contributed by atoms with Gasteiger partial charge in [0.05, 0.1) is 51.0 Å². The Morgan fingerprint density at radius 2 is 1.89 bits per heavy atom. The normalized spacial score (nSPS) is 12.8. The molecule has 0 spiro atoms. The number of ether oxygens (including phenoxy) is 2. The molecule has 2 atom stereocenters. The number of hydroxylamine groups is 1. The average Bonchev–Trinajstić information content (AvgIpc) is 2.85. The Morgan fingerprint density at radius 3 is 2.50 bits per heavy atom. The van der Waals surface area contributed by atoms with Crippen molar-refractivity contribution in [3.8, 4) is 11.8 Å². The maximum absolute atomic E-state index is 14.2. The summed E-state index contributed by atoms with van der Waals surface area (Å²) in [7, 11) is 1.42. The zero-order valence-electron chi connectivity index (χ0n) is 22.6. The molecule has 0 radical (unpaired) electrons. The molecule has 1 aromatic carbocycles. The fraction of sp³-hybridized carbons (Fsp3) is 0.538. The van der Waals surface area contributed by atoms with Crippen LogP contribution in [0.2, 0.25) is 0 Å². The topological polar surface area (TPSA) is 137 Å². The summed E-state index contributed by atoms with van der Waals surface area (Å²) in [6.07, 6.45) is 0.343. The predicted molar refractivity (Wildman–Crippen MR) is 138 cm³/mol. The Hall–Kier alpha value is -3.53. The lowest BCUT2D eigenvalue weighted by Crippen LogP contribution is -2.48. The molecule has 0 bridgehead atoms. The van der Waals surface area contributed by atoms with E-state index in [1.54, 1.807) is 27.7 Å². The van der Waals surface area contributed by atoms with Crippen LogP contribution in [0.25, 0.3) is 0 Å². The van der Waals surface area contributed by atoms with Gasteiger partial charge in [0.25, 0.3) is 5.56 Å². The van der Waals surface area contributed by atoms with E-state index in [9.17, 15) is 18.8 Å². The van der Waals surface area contributed by atoms with Crippen LogP contribution < -0.4 is 26.8 Å². The van der Waals surface area contributed by atoms with E-state index in [0.29, 0.717) is 11.3 Å². The minimum absolute atomic E-state index is 0.0130. The Morgan fingerprint density at radius 1 is 1.18 bits per heavy atom. The number of benzene rings is 1. The number of carbonyl (C=O) groups excluding carboxylic acids is 1. The number of aromatic nitrogens is 2. The van der Waals surface area contributed by atoms with Crippen molar-refractivity contribution in [3.05, 3.63) is 62.2 Å². The lowest BCUT2D eigenvalue weighted by Gasteiger charge is -2.23. The number of rotatable bonds is 14. The van der Waals surface area contributed by atoms with E-state index in [1.165, 1.54) is 43.0 Å². The molecule has 1 aromatic heterocycles. The molecule has 0 saturated heterocycles. The molecule has 0 fully saturated rings. The Balaban J connectivity index is 2.63. The molecule has 38 heavy (non-hydrogen) atoms. The number of methoxy groups -OCH3 is 1. The second-order valence-corrected chi connectivity index (χ2v) is 9.25. The van der Waals surface area contributed by atoms with Gasteiger partial charge in [0.2, 0.25) is 5.91 Å². The summed E-state index contributed by atoms with van der Waals surface area (Å²) in [4.78, 5) is 45.0. The standard InChI is InChI=1S/C26H36FN5O6/c1-16(2)30-24(33)18(5)32-25(34)19(13-29-38-17(3)4)14-31(26(32)35)15-23(37-11-7-10-28)21-12-20(27)8-9-22(21)36-6/h8-9,12,14,16-18,23,29H,7,11,13,15H2,1-6H3,(H,30,33). The van der Waals surface area contributed by atoms with E-state index in [0.717, 1.165) is 4.57 Å². The molecule has 11 nitrogen and oxygen atoms in total. The van der Waals surface area contributed by atoms with Crippen LogP contribution in [0.15, 0.2) is 34.0 Å². The van der Waals surface area contributed by atoms with Crippen LogP contribution in [0.5, 0.6) is 5.75 Å². The summed E-state index contributed by atoms with van der Waals surface area (Å²) in [6.45, 7) is 8.43. The fourth-order valence-corrected chi connectivity index (χ4v) is 3.70. The number of nitrogens with zero attached hydrogens (tertiary/aromatic N) is 3. The monoisotopic (exact) mass is 533 g/mol. The minimum Gasteiger partial charge on any atom is -0.496 e. The molecule has 2 N–H and O–H groups in total. The molecule has 0 saturated carbocycles. The molecule has 2 aromatic rings. The molecule has 2 unspecified atom stereocenters. The third kappa shape index (κ3) is 8.24. The van der Waals surface area contributed by atoms with Gasteiger partial charge in [-0.05, 0) is 52.8 Å². The molecule has 0 aliphatic rings. The van der Waals surface area contributed by atoms with Crippen molar-refractivity contribution in [2.75, 3.05) is 13.7 Å². The molecular weight excluding hydrogens is 497 g/mol. The first-order chi connectivity index (χ1) is 18.0. The molecule has 2 rings (SSSR count). The van der Waals surface area contributed by atoms with Crippen molar-refractivity contribution in [1.29, 1.82) is 5.26 Å². The Labute approximate surface area is 221 Å². The van der Waals surface area contributed by atoms with Crippen molar-refractivity contribution in [1.82, 2.24) is 19.9 Å². The largest absolute Gasteiger partial charge is 0.496 e. The average molecular weight is 534 g/mol. The van der Waals surface area contributed by atoms with Crippen molar-refractivity contribution < 1.29 is 23.5 Å². The van der Waals surface area contributed by atoms with Crippen molar-refractivity contribution in [3.63, 3.8) is 0 Å². The number of nitrogens with one attached hydrogen (secondary N) is 2. The van der Waals surface area contributed by atoms with Gasteiger partial charge in [-0.15, -0.1) is 0 Å². The first kappa shape index (κ1) is 30.7. The molecular formula is C26H36FN5O6. The Kier molecular flexibility index (Phi) is 11.6. The van der Waals surface area contributed by atoms with Gasteiger partial charge in [-0.1, -0.05) is 0 Å². The summed E-state index contributed by atoms with van der Waals surface area (Å²) in [6, 6.07) is 4.56. The van der Waals surface area contributed by atoms with Crippen molar-refractivity contribution in [2.45, 2.75) is 78.4 Å². The van der Waals surface area contributed by atoms with Gasteiger partial charge >= 0.3 is 5.69 Å². The summed E-state index contributed by atoms with van der Waals surface area (Å²) < 4.78 is 27.5. The quantitative estimate of drug-likeness (QED) is 0.279. The van der Waals surface area contributed by atoms with E-state index < -0.39 is 35.1 Å². The number of hydrogen-bond acceptors (Lipinski definition) is 8. The highest BCUT2D eigenvalue weighted by Crippen LogP contribution is 2.30. The summed E-state index contributed by atoms with van der Waals surface area (Å²) in [5.41, 5.74) is 1.79. The minimum atomic E-state index is -1.11. The molecule has 208 valence electrons. The first-order valence-corrected chi connectivity index (χ1v) is 12.4. The second-order valence-electron chi connectivity index (χ2n) is 9.25. The molecule has 12 heteroatoms. The van der Waals surface area contributed by atoms with E-state index >= 15 is 0 Å². The zero-order valence-corrected chi connectivity index (χ0v) is 22.6. The number of halogens is 1. The van der Waals surface area contributed by atoms with Gasteiger partial charge in [0, 0.05) is 17.8 Å². The van der Waals surface area contributed by atoms with Gasteiger partial charge < -0.3 is 14.8 Å². The smallest absolute Gasteiger partial charge is 0.331 e. The molecule has 0 aliphatic heterocycles. The maximum atomic E-state index is 14.2. The van der Waals surface area contributed by atoms with Gasteiger partial charge in [-0.3, -0.25) is 19.0 Å². The van der Waals surface area contributed by atoms with Crippen LogP contribution in [0.1, 0.15) is 64.3 Å².